The molecule has 3 rings (SSSR count). The van der Waals surface area contributed by atoms with Crippen LogP contribution in [0.15, 0.2) is 39.0 Å². The van der Waals surface area contributed by atoms with Crippen LogP contribution in [-0.4, -0.2) is 44.9 Å². The Morgan fingerprint density at radius 2 is 2.00 bits per heavy atom. The fourth-order valence-corrected chi connectivity index (χ4v) is 5.74. The van der Waals surface area contributed by atoms with E-state index in [4.69, 9.17) is 4.74 Å². The second kappa shape index (κ2) is 8.18. The molecule has 1 saturated heterocycles. The zero-order valence-electron chi connectivity index (χ0n) is 14.2. The number of hydrogen-bond acceptors (Lipinski definition) is 5. The minimum absolute atomic E-state index is 0.172. The first-order chi connectivity index (χ1) is 12.4. The normalized spacial score (nSPS) is 15.8. The van der Waals surface area contributed by atoms with Crippen molar-refractivity contribution >= 4 is 43.2 Å². The number of aryl methyl sites for hydroxylation is 1. The fourth-order valence-electron chi connectivity index (χ4n) is 2.66. The molecule has 26 heavy (non-hydrogen) atoms. The summed E-state index contributed by atoms with van der Waals surface area (Å²) in [6, 6.07) is 8.63. The molecule has 9 heteroatoms. The lowest BCUT2D eigenvalue weighted by molar-refractivity contribution is 0.0730. The van der Waals surface area contributed by atoms with Gasteiger partial charge in [0.15, 0.2) is 0 Å². The van der Waals surface area contributed by atoms with Crippen LogP contribution in [0.3, 0.4) is 0 Å². The molecule has 0 atom stereocenters. The number of amides is 1. The number of hydrogen-bond donors (Lipinski definition) is 1. The average molecular weight is 459 g/mol. The molecule has 0 saturated carbocycles. The summed E-state index contributed by atoms with van der Waals surface area (Å²) in [5.74, 6) is -0.298. The zero-order chi connectivity index (χ0) is 18.7. The molecule has 2 heterocycles. The number of nitrogens with one attached hydrogen (secondary N) is 1. The summed E-state index contributed by atoms with van der Waals surface area (Å²) in [5.41, 5.74) is 0.952. The average Bonchev–Trinajstić information content (AvgIpc) is 3.06. The second-order valence-electron chi connectivity index (χ2n) is 5.89. The monoisotopic (exact) mass is 458 g/mol. The van der Waals surface area contributed by atoms with Crippen molar-refractivity contribution in [3.8, 4) is 0 Å². The van der Waals surface area contributed by atoms with Gasteiger partial charge in [0.2, 0.25) is 10.0 Å². The van der Waals surface area contributed by atoms with E-state index in [0.717, 1.165) is 8.66 Å². The third kappa shape index (κ3) is 4.34. The molecule has 0 aliphatic carbocycles. The van der Waals surface area contributed by atoms with Crippen molar-refractivity contribution in [2.45, 2.75) is 18.4 Å². The van der Waals surface area contributed by atoms with Crippen LogP contribution in [-0.2, 0) is 21.3 Å². The van der Waals surface area contributed by atoms with Crippen molar-refractivity contribution in [1.29, 1.82) is 0 Å². The first-order valence-electron chi connectivity index (χ1n) is 8.09. The number of benzene rings is 1. The van der Waals surface area contributed by atoms with E-state index in [2.05, 4.69) is 21.2 Å². The molecule has 1 aliphatic rings. The molecule has 1 aliphatic heterocycles. The van der Waals surface area contributed by atoms with Crippen LogP contribution < -0.4 is 5.32 Å². The van der Waals surface area contributed by atoms with Crippen molar-refractivity contribution < 1.29 is 17.9 Å². The third-order valence-electron chi connectivity index (χ3n) is 4.09. The number of morpholine rings is 1. The van der Waals surface area contributed by atoms with Crippen molar-refractivity contribution in [3.63, 3.8) is 0 Å². The van der Waals surface area contributed by atoms with E-state index < -0.39 is 10.0 Å². The molecule has 1 amide bonds. The molecular formula is C17H19BrN2O4S2. The van der Waals surface area contributed by atoms with Crippen LogP contribution in [0.1, 0.15) is 20.8 Å². The maximum absolute atomic E-state index is 12.9. The minimum Gasteiger partial charge on any atom is -0.379 e. The van der Waals surface area contributed by atoms with Gasteiger partial charge >= 0.3 is 0 Å². The molecule has 1 aromatic heterocycles. The largest absolute Gasteiger partial charge is 0.379 e. The Hall–Kier alpha value is -1.26. The number of carbonyl (C=O) groups is 1. The van der Waals surface area contributed by atoms with Crippen molar-refractivity contribution in [3.05, 3.63) is 50.1 Å². The van der Waals surface area contributed by atoms with Gasteiger partial charge in [-0.3, -0.25) is 4.79 Å². The maximum atomic E-state index is 12.9. The molecule has 1 aromatic carbocycles. The number of carbonyl (C=O) groups excluding carboxylic acids is 1. The van der Waals surface area contributed by atoms with E-state index in [1.165, 1.54) is 10.4 Å². The number of halogens is 1. The summed E-state index contributed by atoms with van der Waals surface area (Å²) in [4.78, 5) is 13.6. The molecule has 140 valence electrons. The van der Waals surface area contributed by atoms with Gasteiger partial charge in [-0.1, -0.05) is 6.07 Å². The van der Waals surface area contributed by atoms with Crippen molar-refractivity contribution in [1.82, 2.24) is 9.62 Å². The molecule has 1 N–H and O–H groups in total. The highest BCUT2D eigenvalue weighted by molar-refractivity contribution is 9.11. The second-order valence-corrected chi connectivity index (χ2v) is 10.3. The predicted octanol–water partition coefficient (Wildman–Crippen LogP) is 2.77. The number of thiophene rings is 1. The van der Waals surface area contributed by atoms with Gasteiger partial charge in [0.25, 0.3) is 5.91 Å². The SMILES string of the molecule is Cc1ccc(C(=O)NCc2ccc(Br)s2)cc1S(=O)(=O)N1CCOCC1. The molecule has 0 radical (unpaired) electrons. The van der Waals surface area contributed by atoms with Crippen LogP contribution in [0.25, 0.3) is 0 Å². The predicted molar refractivity (Wildman–Crippen MR) is 104 cm³/mol. The number of ether oxygens (including phenoxy) is 1. The Kier molecular flexibility index (Phi) is 6.13. The number of nitrogens with zero attached hydrogens (tertiary/aromatic N) is 1. The van der Waals surface area contributed by atoms with Crippen molar-refractivity contribution in [2.75, 3.05) is 26.3 Å². The zero-order valence-corrected chi connectivity index (χ0v) is 17.4. The summed E-state index contributed by atoms with van der Waals surface area (Å²) in [7, 11) is -3.64. The first-order valence-corrected chi connectivity index (χ1v) is 11.1. The highest BCUT2D eigenvalue weighted by Gasteiger charge is 2.28. The summed E-state index contributed by atoms with van der Waals surface area (Å²) in [5, 5.41) is 2.83. The van der Waals surface area contributed by atoms with Crippen molar-refractivity contribution in [2.24, 2.45) is 0 Å². The highest BCUT2D eigenvalue weighted by Crippen LogP contribution is 2.23. The van der Waals surface area contributed by atoms with Gasteiger partial charge in [-0.05, 0) is 52.7 Å². The highest BCUT2D eigenvalue weighted by atomic mass is 79.9. The van der Waals surface area contributed by atoms with E-state index in [-0.39, 0.29) is 10.8 Å². The van der Waals surface area contributed by atoms with Gasteiger partial charge in [0, 0.05) is 23.5 Å². The lowest BCUT2D eigenvalue weighted by Crippen LogP contribution is -2.40. The quantitative estimate of drug-likeness (QED) is 0.746. The third-order valence-corrected chi connectivity index (χ3v) is 7.75. The summed E-state index contributed by atoms with van der Waals surface area (Å²) < 4.78 is 33.4. The first kappa shape index (κ1) is 19.5. The van der Waals surface area contributed by atoms with Gasteiger partial charge < -0.3 is 10.1 Å². The lowest BCUT2D eigenvalue weighted by atomic mass is 10.1. The van der Waals surface area contributed by atoms with Gasteiger partial charge in [0.1, 0.15) is 0 Å². The molecule has 0 unspecified atom stereocenters. The Balaban J connectivity index is 1.79. The Morgan fingerprint density at radius 1 is 1.27 bits per heavy atom. The van der Waals surface area contributed by atoms with Gasteiger partial charge in [-0.2, -0.15) is 4.31 Å². The van der Waals surface area contributed by atoms with Gasteiger partial charge in [-0.15, -0.1) is 11.3 Å². The Bertz CT molecular complexity index is 905. The van der Waals surface area contributed by atoms with Crippen LogP contribution >= 0.6 is 27.3 Å². The summed E-state index contributed by atoms with van der Waals surface area (Å²) in [6.07, 6.45) is 0. The standard InChI is InChI=1S/C17H19BrN2O4S2/c1-12-2-3-13(17(21)19-11-14-4-5-16(18)25-14)10-15(12)26(22,23)20-6-8-24-9-7-20/h2-5,10H,6-9,11H2,1H3,(H,19,21). The molecule has 0 bridgehead atoms. The fraction of sp³-hybridized carbons (Fsp3) is 0.353. The van der Waals surface area contributed by atoms with E-state index in [0.29, 0.717) is 44.0 Å². The lowest BCUT2D eigenvalue weighted by Gasteiger charge is -2.26. The Labute approximate surface area is 165 Å². The van der Waals surface area contributed by atoms with E-state index in [1.54, 1.807) is 30.4 Å². The smallest absolute Gasteiger partial charge is 0.251 e. The van der Waals surface area contributed by atoms with E-state index in [9.17, 15) is 13.2 Å². The topological polar surface area (TPSA) is 75.7 Å². The molecule has 6 nitrogen and oxygen atoms in total. The maximum Gasteiger partial charge on any atom is 0.251 e. The van der Waals surface area contributed by atoms with Gasteiger partial charge in [-0.25, -0.2) is 8.42 Å². The summed E-state index contributed by atoms with van der Waals surface area (Å²) in [6.45, 7) is 3.55. The summed E-state index contributed by atoms with van der Waals surface area (Å²) >= 11 is 4.93. The van der Waals surface area contributed by atoms with Crippen LogP contribution in [0.5, 0.6) is 0 Å². The molecular weight excluding hydrogens is 440 g/mol. The Morgan fingerprint density at radius 3 is 2.65 bits per heavy atom. The molecule has 2 aromatic rings. The van der Waals surface area contributed by atoms with Gasteiger partial charge in [0.05, 0.1) is 28.4 Å². The molecule has 0 spiro atoms. The van der Waals surface area contributed by atoms with Crippen LogP contribution in [0.4, 0.5) is 0 Å². The number of rotatable bonds is 5. The minimum atomic E-state index is -3.64. The van der Waals surface area contributed by atoms with E-state index >= 15 is 0 Å². The van der Waals surface area contributed by atoms with Crippen LogP contribution in [0.2, 0.25) is 0 Å². The molecule has 1 fully saturated rings. The number of sulfonamides is 1. The van der Waals surface area contributed by atoms with Crippen LogP contribution in [0, 0.1) is 6.92 Å². The van der Waals surface area contributed by atoms with E-state index in [1.807, 2.05) is 12.1 Å².